The van der Waals surface area contributed by atoms with Crippen LogP contribution in [0.4, 0.5) is 5.82 Å². The Morgan fingerprint density at radius 2 is 1.80 bits per heavy atom. The molecule has 130 valence electrons. The normalized spacial score (nSPS) is 18.6. The second kappa shape index (κ2) is 7.17. The molecule has 2 aromatic rings. The lowest BCUT2D eigenvalue weighted by atomic mass is 10.1. The summed E-state index contributed by atoms with van der Waals surface area (Å²) in [6, 6.07) is 7.86. The van der Waals surface area contributed by atoms with Gasteiger partial charge in [-0.3, -0.25) is 9.78 Å². The van der Waals surface area contributed by atoms with E-state index < -0.39 is 0 Å². The third-order valence-corrected chi connectivity index (χ3v) is 5.23. The first-order valence-corrected chi connectivity index (χ1v) is 9.09. The van der Waals surface area contributed by atoms with Crippen molar-refractivity contribution in [3.63, 3.8) is 0 Å². The Morgan fingerprint density at radius 3 is 2.44 bits per heavy atom. The summed E-state index contributed by atoms with van der Waals surface area (Å²) >= 11 is 0. The second-order valence-corrected chi connectivity index (χ2v) is 6.81. The van der Waals surface area contributed by atoms with Crippen molar-refractivity contribution in [2.75, 3.05) is 31.1 Å². The van der Waals surface area contributed by atoms with E-state index in [0.717, 1.165) is 56.1 Å². The molecule has 0 bridgehead atoms. The molecule has 0 radical (unpaired) electrons. The third kappa shape index (κ3) is 3.48. The van der Waals surface area contributed by atoms with Gasteiger partial charge in [0.05, 0.1) is 5.69 Å². The quantitative estimate of drug-likeness (QED) is 0.860. The Kier molecular flexibility index (Phi) is 4.59. The van der Waals surface area contributed by atoms with Gasteiger partial charge in [-0.1, -0.05) is 12.8 Å². The molecule has 0 atom stereocenters. The van der Waals surface area contributed by atoms with Crippen molar-refractivity contribution < 1.29 is 4.79 Å². The molecule has 1 aliphatic carbocycles. The van der Waals surface area contributed by atoms with Crippen LogP contribution < -0.4 is 4.90 Å². The molecule has 2 aliphatic rings. The minimum Gasteiger partial charge on any atom is -0.352 e. The van der Waals surface area contributed by atoms with E-state index in [2.05, 4.69) is 20.1 Å². The highest BCUT2D eigenvalue weighted by Gasteiger charge is 2.29. The van der Waals surface area contributed by atoms with Gasteiger partial charge in [0.1, 0.15) is 0 Å². The van der Waals surface area contributed by atoms with Crippen molar-refractivity contribution in [2.24, 2.45) is 5.92 Å². The summed E-state index contributed by atoms with van der Waals surface area (Å²) in [6.07, 6.45) is 8.08. The number of aromatic nitrogens is 3. The fraction of sp³-hybridized carbons (Fsp3) is 0.474. The lowest BCUT2D eigenvalue weighted by Gasteiger charge is -2.36. The van der Waals surface area contributed by atoms with Crippen molar-refractivity contribution in [1.29, 1.82) is 0 Å². The predicted molar refractivity (Wildman–Crippen MR) is 96.0 cm³/mol. The van der Waals surface area contributed by atoms with Gasteiger partial charge < -0.3 is 9.80 Å². The Labute approximate surface area is 147 Å². The maximum atomic E-state index is 12.5. The largest absolute Gasteiger partial charge is 0.352 e. The number of nitrogens with zero attached hydrogens (tertiary/aromatic N) is 5. The molecule has 3 heterocycles. The van der Waals surface area contributed by atoms with E-state index in [1.54, 1.807) is 12.4 Å². The van der Waals surface area contributed by atoms with Crippen molar-refractivity contribution >= 4 is 11.7 Å². The molecule has 1 amide bonds. The number of pyridine rings is 1. The van der Waals surface area contributed by atoms with Crippen LogP contribution in [0.1, 0.15) is 25.7 Å². The molecule has 2 fully saturated rings. The average Bonchev–Trinajstić information content (AvgIpc) is 3.23. The monoisotopic (exact) mass is 337 g/mol. The highest BCUT2D eigenvalue weighted by molar-refractivity contribution is 5.79. The van der Waals surface area contributed by atoms with Gasteiger partial charge in [-0.05, 0) is 37.1 Å². The third-order valence-electron chi connectivity index (χ3n) is 5.23. The van der Waals surface area contributed by atoms with Crippen LogP contribution in [0.5, 0.6) is 0 Å². The standard InChI is InChI=1S/C19H23N5O/c25-19(15-4-1-2-5-15)24-12-10-23(11-13-24)18-8-7-17(21-22-18)16-6-3-9-20-14-16/h3,6-9,14-15H,1-2,4-5,10-13H2. The van der Waals surface area contributed by atoms with Gasteiger partial charge in [-0.25, -0.2) is 0 Å². The van der Waals surface area contributed by atoms with Crippen molar-refractivity contribution in [3.8, 4) is 11.3 Å². The van der Waals surface area contributed by atoms with Crippen molar-refractivity contribution in [2.45, 2.75) is 25.7 Å². The number of hydrogen-bond acceptors (Lipinski definition) is 5. The number of piperazine rings is 1. The van der Waals surface area contributed by atoms with E-state index in [1.807, 2.05) is 29.2 Å². The Hall–Kier alpha value is -2.50. The van der Waals surface area contributed by atoms with E-state index in [9.17, 15) is 4.79 Å². The summed E-state index contributed by atoms with van der Waals surface area (Å²) in [6.45, 7) is 3.20. The van der Waals surface area contributed by atoms with Crippen LogP contribution in [0.25, 0.3) is 11.3 Å². The Morgan fingerprint density at radius 1 is 1.00 bits per heavy atom. The lowest BCUT2D eigenvalue weighted by Crippen LogP contribution is -2.50. The van der Waals surface area contributed by atoms with Crippen LogP contribution in [-0.4, -0.2) is 52.2 Å². The molecule has 4 rings (SSSR count). The molecule has 1 aliphatic heterocycles. The Bertz CT molecular complexity index is 704. The zero-order valence-corrected chi connectivity index (χ0v) is 14.3. The summed E-state index contributed by atoms with van der Waals surface area (Å²) in [7, 11) is 0. The molecular formula is C19H23N5O. The van der Waals surface area contributed by atoms with Crippen molar-refractivity contribution in [3.05, 3.63) is 36.7 Å². The molecule has 6 nitrogen and oxygen atoms in total. The fourth-order valence-corrected chi connectivity index (χ4v) is 3.75. The fourth-order valence-electron chi connectivity index (χ4n) is 3.75. The zero-order valence-electron chi connectivity index (χ0n) is 14.3. The minimum atomic E-state index is 0.269. The maximum Gasteiger partial charge on any atom is 0.225 e. The molecule has 0 unspecified atom stereocenters. The van der Waals surface area contributed by atoms with Gasteiger partial charge >= 0.3 is 0 Å². The van der Waals surface area contributed by atoms with E-state index in [1.165, 1.54) is 12.8 Å². The minimum absolute atomic E-state index is 0.269. The van der Waals surface area contributed by atoms with Crippen LogP contribution in [0, 0.1) is 5.92 Å². The Balaban J connectivity index is 1.37. The first-order chi connectivity index (χ1) is 12.3. The SMILES string of the molecule is O=C(C1CCCC1)N1CCN(c2ccc(-c3cccnc3)nn2)CC1. The molecule has 1 saturated carbocycles. The van der Waals surface area contributed by atoms with Gasteiger partial charge in [0.15, 0.2) is 5.82 Å². The van der Waals surface area contributed by atoms with E-state index in [0.29, 0.717) is 5.91 Å². The molecule has 0 spiro atoms. The molecule has 1 saturated heterocycles. The molecular weight excluding hydrogens is 314 g/mol. The van der Waals surface area contributed by atoms with Gasteiger partial charge in [0, 0.05) is 50.1 Å². The first kappa shape index (κ1) is 16.0. The summed E-state index contributed by atoms with van der Waals surface area (Å²) in [5.74, 6) is 1.50. The van der Waals surface area contributed by atoms with Gasteiger partial charge in [-0.15, -0.1) is 10.2 Å². The topological polar surface area (TPSA) is 62.2 Å². The number of hydrogen-bond donors (Lipinski definition) is 0. The molecule has 0 N–H and O–H groups in total. The van der Waals surface area contributed by atoms with Crippen LogP contribution in [0.15, 0.2) is 36.7 Å². The molecule has 0 aromatic carbocycles. The molecule has 6 heteroatoms. The molecule has 2 aromatic heterocycles. The zero-order chi connectivity index (χ0) is 17.1. The summed E-state index contributed by atoms with van der Waals surface area (Å²) in [4.78, 5) is 20.9. The second-order valence-electron chi connectivity index (χ2n) is 6.81. The number of carbonyl (C=O) groups excluding carboxylic acids is 1. The number of amides is 1. The highest BCUT2D eigenvalue weighted by Crippen LogP contribution is 2.27. The first-order valence-electron chi connectivity index (χ1n) is 9.09. The number of anilines is 1. The highest BCUT2D eigenvalue weighted by atomic mass is 16.2. The maximum absolute atomic E-state index is 12.5. The number of carbonyl (C=O) groups is 1. The van der Waals surface area contributed by atoms with Crippen LogP contribution in [0.2, 0.25) is 0 Å². The van der Waals surface area contributed by atoms with E-state index >= 15 is 0 Å². The van der Waals surface area contributed by atoms with Crippen LogP contribution in [-0.2, 0) is 4.79 Å². The summed E-state index contributed by atoms with van der Waals surface area (Å²) in [5, 5.41) is 8.70. The van der Waals surface area contributed by atoms with Crippen LogP contribution in [0.3, 0.4) is 0 Å². The average molecular weight is 337 g/mol. The van der Waals surface area contributed by atoms with Gasteiger partial charge in [-0.2, -0.15) is 0 Å². The molecule has 25 heavy (non-hydrogen) atoms. The van der Waals surface area contributed by atoms with Crippen LogP contribution >= 0.6 is 0 Å². The summed E-state index contributed by atoms with van der Waals surface area (Å²) in [5.41, 5.74) is 1.79. The van der Waals surface area contributed by atoms with Gasteiger partial charge in [0.2, 0.25) is 5.91 Å². The number of rotatable bonds is 3. The lowest BCUT2D eigenvalue weighted by molar-refractivity contribution is -0.135. The summed E-state index contributed by atoms with van der Waals surface area (Å²) < 4.78 is 0. The van der Waals surface area contributed by atoms with E-state index in [4.69, 9.17) is 0 Å². The predicted octanol–water partition coefficient (Wildman–Crippen LogP) is 2.38. The van der Waals surface area contributed by atoms with Gasteiger partial charge in [0.25, 0.3) is 0 Å². The smallest absolute Gasteiger partial charge is 0.225 e. The van der Waals surface area contributed by atoms with E-state index in [-0.39, 0.29) is 5.92 Å². The van der Waals surface area contributed by atoms with Crippen molar-refractivity contribution in [1.82, 2.24) is 20.1 Å².